The molecular formula is C13H15NO2. The van der Waals surface area contributed by atoms with Crippen molar-refractivity contribution in [1.82, 2.24) is 0 Å². The lowest BCUT2D eigenvalue weighted by Crippen LogP contribution is -1.99. The molecule has 0 saturated carbocycles. The summed E-state index contributed by atoms with van der Waals surface area (Å²) in [4.78, 5) is 0. The Morgan fingerprint density at radius 2 is 2.25 bits per heavy atom. The first-order valence-electron chi connectivity index (χ1n) is 5.02. The van der Waals surface area contributed by atoms with Crippen LogP contribution in [0.1, 0.15) is 18.9 Å². The van der Waals surface area contributed by atoms with Gasteiger partial charge < -0.3 is 9.47 Å². The number of benzene rings is 1. The van der Waals surface area contributed by atoms with Crippen LogP contribution in [0.15, 0.2) is 30.4 Å². The highest BCUT2D eigenvalue weighted by Gasteiger charge is 2.04. The van der Waals surface area contributed by atoms with Crippen LogP contribution >= 0.6 is 0 Å². The minimum atomic E-state index is 0.516. The molecular weight excluding hydrogens is 202 g/mol. The summed E-state index contributed by atoms with van der Waals surface area (Å²) in [6.45, 7) is 6.26. The fourth-order valence-electron chi connectivity index (χ4n) is 1.18. The summed E-state index contributed by atoms with van der Waals surface area (Å²) < 4.78 is 10.6. The summed E-state index contributed by atoms with van der Waals surface area (Å²) in [6, 6.07) is 7.23. The van der Waals surface area contributed by atoms with Gasteiger partial charge in [0.25, 0.3) is 0 Å². The van der Waals surface area contributed by atoms with Crippen LogP contribution in [0.4, 0.5) is 0 Å². The molecule has 0 aromatic heterocycles. The largest absolute Gasteiger partial charge is 0.497 e. The number of hydrogen-bond donors (Lipinski definition) is 0. The van der Waals surface area contributed by atoms with Crippen molar-refractivity contribution >= 4 is 0 Å². The highest BCUT2D eigenvalue weighted by atomic mass is 16.5. The van der Waals surface area contributed by atoms with E-state index in [0.717, 1.165) is 12.0 Å². The lowest BCUT2D eigenvalue weighted by Gasteiger charge is -2.09. The average molecular weight is 217 g/mol. The van der Waals surface area contributed by atoms with Gasteiger partial charge in [-0.1, -0.05) is 5.57 Å². The molecule has 0 amide bonds. The van der Waals surface area contributed by atoms with E-state index in [1.54, 1.807) is 25.3 Å². The summed E-state index contributed by atoms with van der Waals surface area (Å²) in [5.74, 6) is 1.24. The van der Waals surface area contributed by atoms with Crippen LogP contribution in [0, 0.1) is 11.3 Å². The van der Waals surface area contributed by atoms with E-state index in [-0.39, 0.29) is 0 Å². The molecule has 0 aliphatic carbocycles. The summed E-state index contributed by atoms with van der Waals surface area (Å²) in [7, 11) is 1.58. The Hall–Kier alpha value is -1.95. The average Bonchev–Trinajstić information content (AvgIpc) is 2.28. The Kier molecular flexibility index (Phi) is 4.41. The third kappa shape index (κ3) is 3.32. The lowest BCUT2D eigenvalue weighted by atomic mass is 10.2. The molecule has 84 valence electrons. The van der Waals surface area contributed by atoms with E-state index in [1.165, 1.54) is 0 Å². The maximum Gasteiger partial charge on any atom is 0.140 e. The number of rotatable bonds is 5. The molecule has 1 aromatic rings. The van der Waals surface area contributed by atoms with E-state index >= 15 is 0 Å². The van der Waals surface area contributed by atoms with Crippen LogP contribution in [0.2, 0.25) is 0 Å². The molecule has 0 unspecified atom stereocenters. The molecule has 3 nitrogen and oxygen atoms in total. The number of nitriles is 1. The normalized spacial score (nSPS) is 9.31. The fourth-order valence-corrected chi connectivity index (χ4v) is 1.18. The number of nitrogens with zero attached hydrogens (tertiary/aromatic N) is 1. The number of ether oxygens (including phenoxy) is 2. The fraction of sp³-hybridized carbons (Fsp3) is 0.308. The van der Waals surface area contributed by atoms with Crippen LogP contribution in [0.5, 0.6) is 11.5 Å². The summed E-state index contributed by atoms with van der Waals surface area (Å²) in [5, 5.41) is 8.90. The predicted octanol–water partition coefficient (Wildman–Crippen LogP) is 2.91. The van der Waals surface area contributed by atoms with Crippen molar-refractivity contribution in [2.24, 2.45) is 0 Å². The molecule has 0 aliphatic rings. The zero-order valence-corrected chi connectivity index (χ0v) is 9.62. The topological polar surface area (TPSA) is 42.2 Å². The Balaban J connectivity index is 2.76. The van der Waals surface area contributed by atoms with Gasteiger partial charge in [0.15, 0.2) is 0 Å². The molecule has 0 spiro atoms. The minimum absolute atomic E-state index is 0.516. The molecule has 0 aliphatic heterocycles. The Morgan fingerprint density at radius 1 is 1.50 bits per heavy atom. The Morgan fingerprint density at radius 3 is 2.81 bits per heavy atom. The third-order valence-corrected chi connectivity index (χ3v) is 2.10. The highest BCUT2D eigenvalue weighted by molar-refractivity contribution is 5.47. The van der Waals surface area contributed by atoms with Gasteiger partial charge in [-0.15, -0.1) is 6.58 Å². The molecule has 0 radical (unpaired) electrons. The van der Waals surface area contributed by atoms with Crippen LogP contribution in [-0.2, 0) is 0 Å². The first-order valence-corrected chi connectivity index (χ1v) is 5.02. The van der Waals surface area contributed by atoms with E-state index in [4.69, 9.17) is 14.7 Å². The first kappa shape index (κ1) is 12.1. The van der Waals surface area contributed by atoms with Gasteiger partial charge in [-0.3, -0.25) is 0 Å². The quantitative estimate of drug-likeness (QED) is 0.712. The van der Waals surface area contributed by atoms with Crippen molar-refractivity contribution < 1.29 is 9.47 Å². The van der Waals surface area contributed by atoms with Crippen LogP contribution in [0.25, 0.3) is 0 Å². The SMILES string of the molecule is C=C(C)CCOc1cc(OC)ccc1C#N. The molecule has 1 aromatic carbocycles. The highest BCUT2D eigenvalue weighted by Crippen LogP contribution is 2.24. The van der Waals surface area contributed by atoms with Crippen molar-refractivity contribution in [1.29, 1.82) is 5.26 Å². The molecule has 0 bridgehead atoms. The van der Waals surface area contributed by atoms with Gasteiger partial charge in [-0.2, -0.15) is 5.26 Å². The third-order valence-electron chi connectivity index (χ3n) is 2.10. The predicted molar refractivity (Wildman–Crippen MR) is 62.6 cm³/mol. The molecule has 16 heavy (non-hydrogen) atoms. The first-order chi connectivity index (χ1) is 7.67. The minimum Gasteiger partial charge on any atom is -0.497 e. The van der Waals surface area contributed by atoms with E-state index in [2.05, 4.69) is 12.6 Å². The van der Waals surface area contributed by atoms with Crippen molar-refractivity contribution in [2.75, 3.05) is 13.7 Å². The van der Waals surface area contributed by atoms with Gasteiger partial charge in [0.2, 0.25) is 0 Å². The van der Waals surface area contributed by atoms with E-state index in [1.807, 2.05) is 6.92 Å². The van der Waals surface area contributed by atoms with Crippen LogP contribution < -0.4 is 9.47 Å². The van der Waals surface area contributed by atoms with Gasteiger partial charge in [0, 0.05) is 12.5 Å². The zero-order chi connectivity index (χ0) is 12.0. The van der Waals surface area contributed by atoms with Gasteiger partial charge in [0.1, 0.15) is 17.6 Å². The zero-order valence-electron chi connectivity index (χ0n) is 9.62. The molecule has 0 fully saturated rings. The van der Waals surface area contributed by atoms with Crippen molar-refractivity contribution in [3.05, 3.63) is 35.9 Å². The maximum absolute atomic E-state index is 8.90. The lowest BCUT2D eigenvalue weighted by molar-refractivity contribution is 0.318. The van der Waals surface area contributed by atoms with Gasteiger partial charge >= 0.3 is 0 Å². The van der Waals surface area contributed by atoms with Crippen molar-refractivity contribution in [3.63, 3.8) is 0 Å². The number of methoxy groups -OCH3 is 1. The molecule has 3 heteroatoms. The second kappa shape index (κ2) is 5.82. The van der Waals surface area contributed by atoms with E-state index in [9.17, 15) is 0 Å². The Bertz CT molecular complexity index is 418. The molecule has 0 heterocycles. The van der Waals surface area contributed by atoms with Crippen molar-refractivity contribution in [3.8, 4) is 17.6 Å². The summed E-state index contributed by atoms with van der Waals surface area (Å²) in [5.41, 5.74) is 1.57. The standard InChI is InChI=1S/C13H15NO2/c1-10(2)6-7-16-13-8-12(15-3)5-4-11(13)9-14/h4-5,8H,1,6-7H2,2-3H3. The van der Waals surface area contributed by atoms with Crippen LogP contribution in [0.3, 0.4) is 0 Å². The Labute approximate surface area is 95.9 Å². The second-order valence-corrected chi connectivity index (χ2v) is 3.53. The second-order valence-electron chi connectivity index (χ2n) is 3.53. The molecule has 1 rings (SSSR count). The van der Waals surface area contributed by atoms with E-state index in [0.29, 0.717) is 23.7 Å². The summed E-state index contributed by atoms with van der Waals surface area (Å²) >= 11 is 0. The van der Waals surface area contributed by atoms with Gasteiger partial charge in [-0.25, -0.2) is 0 Å². The summed E-state index contributed by atoms with van der Waals surface area (Å²) in [6.07, 6.45) is 0.780. The molecule has 0 atom stereocenters. The van der Waals surface area contributed by atoms with E-state index < -0.39 is 0 Å². The molecule has 0 saturated heterocycles. The van der Waals surface area contributed by atoms with Crippen LogP contribution in [-0.4, -0.2) is 13.7 Å². The number of hydrogen-bond acceptors (Lipinski definition) is 3. The maximum atomic E-state index is 8.90. The van der Waals surface area contributed by atoms with Gasteiger partial charge in [-0.05, 0) is 19.1 Å². The molecule has 0 N–H and O–H groups in total. The van der Waals surface area contributed by atoms with Crippen molar-refractivity contribution in [2.45, 2.75) is 13.3 Å². The smallest absolute Gasteiger partial charge is 0.140 e. The van der Waals surface area contributed by atoms with Gasteiger partial charge in [0.05, 0.1) is 19.3 Å². The monoisotopic (exact) mass is 217 g/mol.